The van der Waals surface area contributed by atoms with E-state index in [4.69, 9.17) is 4.52 Å². The summed E-state index contributed by atoms with van der Waals surface area (Å²) in [6.07, 6.45) is 1.99. The second kappa shape index (κ2) is 3.10. The Hall–Kier alpha value is -0.440. The molecule has 0 bridgehead atoms. The lowest BCUT2D eigenvalue weighted by Gasteiger charge is -1.92. The summed E-state index contributed by atoms with van der Waals surface area (Å²) in [5.41, 5.74) is 0. The van der Waals surface area contributed by atoms with Gasteiger partial charge in [-0.2, -0.15) is 0 Å². The average molecular weight is 157 g/mol. The molecule has 1 aromatic heterocycles. The first-order chi connectivity index (χ1) is 4.74. The molecule has 1 heterocycles. The molecule has 3 heteroatoms. The number of nitrogens with zero attached hydrogens (tertiary/aromatic N) is 1. The van der Waals surface area contributed by atoms with Crippen molar-refractivity contribution in [2.45, 2.75) is 24.8 Å². The second-order valence-corrected chi connectivity index (χ2v) is 3.25. The molecule has 0 aromatic carbocycles. The van der Waals surface area contributed by atoms with E-state index in [9.17, 15) is 0 Å². The van der Waals surface area contributed by atoms with Crippen molar-refractivity contribution in [1.29, 1.82) is 0 Å². The van der Waals surface area contributed by atoms with Gasteiger partial charge in [0.25, 0.3) is 0 Å². The van der Waals surface area contributed by atoms with Crippen LogP contribution in [0.3, 0.4) is 0 Å². The van der Waals surface area contributed by atoms with Crippen molar-refractivity contribution < 1.29 is 4.52 Å². The van der Waals surface area contributed by atoms with E-state index in [1.807, 2.05) is 12.3 Å². The van der Waals surface area contributed by atoms with Gasteiger partial charge in [0, 0.05) is 12.0 Å². The largest absolute Gasteiger partial charge is 0.360 e. The van der Waals surface area contributed by atoms with E-state index in [1.165, 1.54) is 0 Å². The number of hydrogen-bond donors (Lipinski definition) is 0. The number of hydrogen-bond acceptors (Lipinski definition) is 3. The van der Waals surface area contributed by atoms with Crippen molar-refractivity contribution >= 4 is 11.8 Å². The summed E-state index contributed by atoms with van der Waals surface area (Å²) in [5, 5.41) is 4.81. The van der Waals surface area contributed by atoms with E-state index in [0.29, 0.717) is 5.92 Å². The Morgan fingerprint density at radius 1 is 1.60 bits per heavy atom. The summed E-state index contributed by atoms with van der Waals surface area (Å²) in [7, 11) is 0. The van der Waals surface area contributed by atoms with E-state index >= 15 is 0 Å². The molecule has 1 rings (SSSR count). The van der Waals surface area contributed by atoms with E-state index in [2.05, 4.69) is 19.0 Å². The van der Waals surface area contributed by atoms with Crippen LogP contribution in [0.15, 0.2) is 15.6 Å². The summed E-state index contributed by atoms with van der Waals surface area (Å²) in [6, 6.07) is 1.98. The molecule has 0 radical (unpaired) electrons. The highest BCUT2D eigenvalue weighted by Crippen LogP contribution is 2.19. The highest BCUT2D eigenvalue weighted by molar-refractivity contribution is 7.98. The summed E-state index contributed by atoms with van der Waals surface area (Å²) >= 11 is 1.60. The minimum atomic E-state index is 0.438. The third kappa shape index (κ3) is 1.53. The van der Waals surface area contributed by atoms with Crippen LogP contribution in [0.1, 0.15) is 25.5 Å². The Morgan fingerprint density at radius 3 is 2.60 bits per heavy atom. The molecule has 1 aromatic rings. The van der Waals surface area contributed by atoms with Gasteiger partial charge in [-0.25, -0.2) is 0 Å². The van der Waals surface area contributed by atoms with Crippen LogP contribution >= 0.6 is 11.8 Å². The Bertz CT molecular complexity index is 207. The normalized spacial score (nSPS) is 10.8. The van der Waals surface area contributed by atoms with Gasteiger partial charge in [0.1, 0.15) is 10.8 Å². The number of aromatic nitrogens is 1. The molecule has 0 fully saturated rings. The molecular weight excluding hydrogens is 146 g/mol. The minimum Gasteiger partial charge on any atom is -0.360 e. The average Bonchev–Trinajstić information content (AvgIpc) is 2.34. The first-order valence-corrected chi connectivity index (χ1v) is 4.47. The fourth-order valence-corrected chi connectivity index (χ4v) is 0.986. The summed E-state index contributed by atoms with van der Waals surface area (Å²) in [6.45, 7) is 4.18. The van der Waals surface area contributed by atoms with Gasteiger partial charge < -0.3 is 4.52 Å². The maximum absolute atomic E-state index is 5.05. The van der Waals surface area contributed by atoms with Gasteiger partial charge in [-0.05, 0) is 6.26 Å². The zero-order chi connectivity index (χ0) is 7.56. The van der Waals surface area contributed by atoms with Gasteiger partial charge in [-0.15, -0.1) is 11.8 Å². The van der Waals surface area contributed by atoms with Crippen molar-refractivity contribution in [1.82, 2.24) is 5.16 Å². The van der Waals surface area contributed by atoms with Crippen LogP contribution in [-0.2, 0) is 0 Å². The molecular formula is C7H11NOS. The molecule has 0 saturated carbocycles. The van der Waals surface area contributed by atoms with E-state index in [1.54, 1.807) is 11.8 Å². The maximum Gasteiger partial charge on any atom is 0.140 e. The molecule has 0 aliphatic carbocycles. The smallest absolute Gasteiger partial charge is 0.140 e. The monoisotopic (exact) mass is 157 g/mol. The van der Waals surface area contributed by atoms with Gasteiger partial charge in [0.2, 0.25) is 0 Å². The zero-order valence-electron chi connectivity index (χ0n) is 6.42. The highest BCUT2D eigenvalue weighted by atomic mass is 32.2. The second-order valence-electron chi connectivity index (χ2n) is 2.43. The van der Waals surface area contributed by atoms with Crippen LogP contribution < -0.4 is 0 Å². The molecule has 0 atom stereocenters. The predicted molar refractivity (Wildman–Crippen MR) is 42.4 cm³/mol. The maximum atomic E-state index is 5.05. The van der Waals surface area contributed by atoms with E-state index in [0.717, 1.165) is 10.8 Å². The quantitative estimate of drug-likeness (QED) is 0.617. The lowest BCUT2D eigenvalue weighted by Crippen LogP contribution is -1.80. The SMILES string of the molecule is CSc1cc(C(C)C)on1. The highest BCUT2D eigenvalue weighted by Gasteiger charge is 2.05. The topological polar surface area (TPSA) is 26.0 Å². The van der Waals surface area contributed by atoms with Gasteiger partial charge in [0.15, 0.2) is 0 Å². The summed E-state index contributed by atoms with van der Waals surface area (Å²) < 4.78 is 5.05. The lowest BCUT2D eigenvalue weighted by molar-refractivity contribution is 0.360. The van der Waals surface area contributed by atoms with Crippen LogP contribution in [0.2, 0.25) is 0 Å². The Morgan fingerprint density at radius 2 is 2.30 bits per heavy atom. The summed E-state index contributed by atoms with van der Waals surface area (Å²) in [5.74, 6) is 1.40. The Kier molecular flexibility index (Phi) is 2.38. The van der Waals surface area contributed by atoms with Gasteiger partial charge in [-0.1, -0.05) is 19.0 Å². The summed E-state index contributed by atoms with van der Waals surface area (Å²) in [4.78, 5) is 0. The molecule has 0 amide bonds. The van der Waals surface area contributed by atoms with Crippen LogP contribution in [0.25, 0.3) is 0 Å². The first kappa shape index (κ1) is 7.66. The molecule has 0 spiro atoms. The van der Waals surface area contributed by atoms with E-state index < -0.39 is 0 Å². The number of thioether (sulfide) groups is 1. The molecule has 0 aliphatic heterocycles. The van der Waals surface area contributed by atoms with Crippen LogP contribution in [0.4, 0.5) is 0 Å². The molecule has 0 aliphatic rings. The molecule has 56 valence electrons. The van der Waals surface area contributed by atoms with Crippen molar-refractivity contribution in [3.05, 3.63) is 11.8 Å². The van der Waals surface area contributed by atoms with Gasteiger partial charge >= 0.3 is 0 Å². The first-order valence-electron chi connectivity index (χ1n) is 3.24. The predicted octanol–water partition coefficient (Wildman–Crippen LogP) is 2.52. The molecule has 2 nitrogen and oxygen atoms in total. The molecule has 0 saturated heterocycles. The third-order valence-electron chi connectivity index (χ3n) is 1.28. The Balaban J connectivity index is 2.78. The molecule has 0 N–H and O–H groups in total. The standard InChI is InChI=1S/C7H11NOS/c1-5(2)6-4-7(10-3)8-9-6/h4-5H,1-3H3. The fourth-order valence-electron chi connectivity index (χ4n) is 0.640. The van der Waals surface area contributed by atoms with Crippen LogP contribution in [-0.4, -0.2) is 11.4 Å². The zero-order valence-corrected chi connectivity index (χ0v) is 7.23. The lowest BCUT2D eigenvalue weighted by atomic mass is 10.2. The Labute approximate surface area is 65.0 Å². The van der Waals surface area contributed by atoms with Gasteiger partial charge in [0.05, 0.1) is 0 Å². The molecule has 10 heavy (non-hydrogen) atoms. The van der Waals surface area contributed by atoms with Crippen molar-refractivity contribution in [3.63, 3.8) is 0 Å². The third-order valence-corrected chi connectivity index (χ3v) is 1.90. The number of rotatable bonds is 2. The van der Waals surface area contributed by atoms with Crippen LogP contribution in [0, 0.1) is 0 Å². The van der Waals surface area contributed by atoms with Crippen molar-refractivity contribution in [2.75, 3.05) is 6.26 Å². The fraction of sp³-hybridized carbons (Fsp3) is 0.571. The van der Waals surface area contributed by atoms with Gasteiger partial charge in [-0.3, -0.25) is 0 Å². The van der Waals surface area contributed by atoms with Crippen molar-refractivity contribution in [2.24, 2.45) is 0 Å². The minimum absolute atomic E-state index is 0.438. The van der Waals surface area contributed by atoms with Crippen LogP contribution in [0.5, 0.6) is 0 Å². The molecule has 0 unspecified atom stereocenters. The van der Waals surface area contributed by atoms with E-state index in [-0.39, 0.29) is 0 Å². The van der Waals surface area contributed by atoms with Crippen molar-refractivity contribution in [3.8, 4) is 0 Å².